The number of benzene rings is 1. The number of halogens is 1. The minimum absolute atomic E-state index is 0.180. The maximum atomic E-state index is 6.34. The molecule has 2 aliphatic rings. The highest BCUT2D eigenvalue weighted by Crippen LogP contribution is 2.40. The van der Waals surface area contributed by atoms with E-state index in [-0.39, 0.29) is 6.04 Å². The van der Waals surface area contributed by atoms with Crippen LogP contribution in [-0.2, 0) is 11.2 Å². The molecule has 1 aromatic carbocycles. The molecule has 3 aromatic heterocycles. The summed E-state index contributed by atoms with van der Waals surface area (Å²) in [4.78, 5) is 32.9. The summed E-state index contributed by atoms with van der Waals surface area (Å²) in [5.41, 5.74) is 4.36. The van der Waals surface area contributed by atoms with Gasteiger partial charge in [0.25, 0.3) is 0 Å². The van der Waals surface area contributed by atoms with Crippen molar-refractivity contribution in [2.75, 3.05) is 61.6 Å². The van der Waals surface area contributed by atoms with Crippen molar-refractivity contribution in [3.05, 3.63) is 58.8 Å². The number of morpholine rings is 1. The first kappa shape index (κ1) is 22.0. The molecule has 2 aliphatic heterocycles. The monoisotopic (exact) mass is 491 g/mol. The Balaban J connectivity index is 1.45. The van der Waals surface area contributed by atoms with Crippen LogP contribution in [0.15, 0.2) is 36.9 Å². The fourth-order valence-corrected chi connectivity index (χ4v) is 5.03. The van der Waals surface area contributed by atoms with Crippen LogP contribution in [0.1, 0.15) is 22.9 Å². The molecule has 0 aliphatic carbocycles. The van der Waals surface area contributed by atoms with Gasteiger partial charge in [0.1, 0.15) is 12.4 Å². The summed E-state index contributed by atoms with van der Waals surface area (Å²) in [6.45, 7) is 3.70. The molecule has 0 bridgehead atoms. The van der Waals surface area contributed by atoms with Crippen LogP contribution in [0.3, 0.4) is 0 Å². The molecule has 0 amide bonds. The van der Waals surface area contributed by atoms with Gasteiger partial charge in [0.05, 0.1) is 13.2 Å². The second kappa shape index (κ2) is 8.94. The number of fused-ring (bicyclic) bond motifs is 3. The quantitative estimate of drug-likeness (QED) is 0.462. The van der Waals surface area contributed by atoms with Crippen LogP contribution in [0.5, 0.6) is 0 Å². The smallest absolute Gasteiger partial charge is 0.230 e. The third-order valence-electron chi connectivity index (χ3n) is 6.56. The van der Waals surface area contributed by atoms with E-state index in [1.807, 2.05) is 49.6 Å². The van der Waals surface area contributed by atoms with Crippen LogP contribution in [0.2, 0.25) is 5.02 Å². The Kier molecular flexibility index (Phi) is 5.62. The molecule has 4 aromatic rings. The van der Waals surface area contributed by atoms with Gasteiger partial charge in [-0.1, -0.05) is 11.6 Å². The summed E-state index contributed by atoms with van der Waals surface area (Å²) >= 11 is 6.34. The van der Waals surface area contributed by atoms with Crippen molar-refractivity contribution in [1.82, 2.24) is 29.9 Å². The summed E-state index contributed by atoms with van der Waals surface area (Å²) in [5.74, 6) is 1.95. The van der Waals surface area contributed by atoms with Crippen LogP contribution in [0.4, 0.5) is 17.8 Å². The maximum Gasteiger partial charge on any atom is 0.230 e. The van der Waals surface area contributed by atoms with E-state index in [0.29, 0.717) is 25.1 Å². The standard InChI is InChI=1S/C24H26ClN9O/c1-32(2)23-28-14-29-24(31-23)34-6-5-17-18-11-16(25)3-4-19(18)30-20(17)21(34)15-12-26-22(27-13-15)33-7-9-35-10-8-33/h3-4,11-14,21,30H,5-10H2,1-2H3. The predicted octanol–water partition coefficient (Wildman–Crippen LogP) is 2.85. The molecule has 0 saturated carbocycles. The average Bonchev–Trinajstić information content (AvgIpc) is 3.26. The SMILES string of the molecule is CN(C)c1ncnc(N2CCc3c([nH]c4ccc(Cl)cc34)C2c2cnc(N3CCOCC3)nc2)n1. The first-order valence-electron chi connectivity index (χ1n) is 11.7. The van der Waals surface area contributed by atoms with Crippen LogP contribution in [0, 0.1) is 0 Å². The zero-order chi connectivity index (χ0) is 23.9. The van der Waals surface area contributed by atoms with Gasteiger partial charge < -0.3 is 24.4 Å². The van der Waals surface area contributed by atoms with Crippen molar-refractivity contribution < 1.29 is 4.74 Å². The van der Waals surface area contributed by atoms with E-state index in [4.69, 9.17) is 31.3 Å². The van der Waals surface area contributed by atoms with E-state index in [2.05, 4.69) is 24.8 Å². The Morgan fingerprint density at radius 2 is 1.83 bits per heavy atom. The number of aromatic nitrogens is 6. The van der Waals surface area contributed by atoms with Gasteiger partial charge in [-0.2, -0.15) is 4.98 Å². The third kappa shape index (κ3) is 4.02. The average molecular weight is 492 g/mol. The number of hydrogen-bond acceptors (Lipinski definition) is 9. The lowest BCUT2D eigenvalue weighted by Crippen LogP contribution is -2.38. The third-order valence-corrected chi connectivity index (χ3v) is 6.80. The molecule has 180 valence electrons. The number of H-pyrrole nitrogens is 1. The number of hydrogen-bond donors (Lipinski definition) is 1. The van der Waals surface area contributed by atoms with E-state index in [9.17, 15) is 0 Å². The first-order valence-corrected chi connectivity index (χ1v) is 12.0. The van der Waals surface area contributed by atoms with Crippen molar-refractivity contribution in [3.8, 4) is 0 Å². The molecule has 1 unspecified atom stereocenters. The van der Waals surface area contributed by atoms with Gasteiger partial charge >= 0.3 is 0 Å². The number of anilines is 3. The lowest BCUT2D eigenvalue weighted by molar-refractivity contribution is 0.122. The van der Waals surface area contributed by atoms with Gasteiger partial charge in [0, 0.05) is 73.3 Å². The number of nitrogens with one attached hydrogen (secondary N) is 1. The molecule has 35 heavy (non-hydrogen) atoms. The normalized spacial score (nSPS) is 18.1. The molecule has 5 heterocycles. The molecule has 1 fully saturated rings. The second-order valence-corrected chi connectivity index (χ2v) is 9.39. The topological polar surface area (TPSA) is 99.2 Å². The van der Waals surface area contributed by atoms with Crippen LogP contribution < -0.4 is 14.7 Å². The number of aromatic amines is 1. The van der Waals surface area contributed by atoms with E-state index < -0.39 is 0 Å². The number of rotatable bonds is 4. The molecule has 10 nitrogen and oxygen atoms in total. The molecule has 1 N–H and O–H groups in total. The summed E-state index contributed by atoms with van der Waals surface area (Å²) in [6.07, 6.45) is 6.23. The second-order valence-electron chi connectivity index (χ2n) is 8.95. The summed E-state index contributed by atoms with van der Waals surface area (Å²) in [6, 6.07) is 5.79. The Labute approximate surface area is 208 Å². The molecular weight excluding hydrogens is 466 g/mol. The van der Waals surface area contributed by atoms with Gasteiger partial charge in [0.15, 0.2) is 0 Å². The zero-order valence-electron chi connectivity index (χ0n) is 19.6. The minimum atomic E-state index is -0.180. The lowest BCUT2D eigenvalue weighted by atomic mass is 9.94. The van der Waals surface area contributed by atoms with Gasteiger partial charge in [-0.25, -0.2) is 19.9 Å². The van der Waals surface area contributed by atoms with Crippen molar-refractivity contribution in [2.24, 2.45) is 0 Å². The van der Waals surface area contributed by atoms with Crippen molar-refractivity contribution >= 4 is 40.3 Å². The van der Waals surface area contributed by atoms with E-state index >= 15 is 0 Å². The number of nitrogens with zero attached hydrogens (tertiary/aromatic N) is 8. The van der Waals surface area contributed by atoms with Gasteiger partial charge in [-0.05, 0) is 30.2 Å². The Morgan fingerprint density at radius 3 is 2.60 bits per heavy atom. The summed E-state index contributed by atoms with van der Waals surface area (Å²) in [5, 5.41) is 1.87. The molecule has 0 radical (unpaired) electrons. The minimum Gasteiger partial charge on any atom is -0.378 e. The fraction of sp³-hybridized carbons (Fsp3) is 0.375. The largest absolute Gasteiger partial charge is 0.378 e. The van der Waals surface area contributed by atoms with Crippen molar-refractivity contribution in [1.29, 1.82) is 0 Å². The molecular formula is C24H26ClN9O. The van der Waals surface area contributed by atoms with Gasteiger partial charge in [-0.3, -0.25) is 0 Å². The fourth-order valence-electron chi connectivity index (χ4n) is 4.86. The molecule has 1 atom stereocenters. The van der Waals surface area contributed by atoms with Crippen LogP contribution in [0.25, 0.3) is 10.9 Å². The summed E-state index contributed by atoms with van der Waals surface area (Å²) < 4.78 is 5.47. The van der Waals surface area contributed by atoms with E-state index in [1.165, 1.54) is 5.56 Å². The summed E-state index contributed by atoms with van der Waals surface area (Å²) in [7, 11) is 3.84. The first-order chi connectivity index (χ1) is 17.1. The van der Waals surface area contributed by atoms with Crippen molar-refractivity contribution in [2.45, 2.75) is 12.5 Å². The molecule has 0 spiro atoms. The Bertz CT molecular complexity index is 1350. The Morgan fingerprint density at radius 1 is 1.03 bits per heavy atom. The molecule has 11 heteroatoms. The zero-order valence-corrected chi connectivity index (χ0v) is 20.4. The highest BCUT2D eigenvalue weighted by molar-refractivity contribution is 6.31. The van der Waals surface area contributed by atoms with Crippen molar-refractivity contribution in [3.63, 3.8) is 0 Å². The van der Waals surface area contributed by atoms with E-state index in [1.54, 1.807) is 6.33 Å². The van der Waals surface area contributed by atoms with Gasteiger partial charge in [-0.15, -0.1) is 0 Å². The molecule has 6 rings (SSSR count). The Hall–Kier alpha value is -3.50. The highest BCUT2D eigenvalue weighted by atomic mass is 35.5. The molecule has 1 saturated heterocycles. The van der Waals surface area contributed by atoms with Gasteiger partial charge in [0.2, 0.25) is 17.8 Å². The van der Waals surface area contributed by atoms with Crippen LogP contribution >= 0.6 is 11.6 Å². The lowest BCUT2D eigenvalue weighted by Gasteiger charge is -2.36. The van der Waals surface area contributed by atoms with E-state index in [0.717, 1.165) is 59.2 Å². The highest BCUT2D eigenvalue weighted by Gasteiger charge is 2.34. The predicted molar refractivity (Wildman–Crippen MR) is 135 cm³/mol. The van der Waals surface area contributed by atoms with Crippen LogP contribution in [-0.4, -0.2) is 76.8 Å². The number of ether oxygens (including phenoxy) is 1. The maximum absolute atomic E-state index is 6.34.